The van der Waals surface area contributed by atoms with Crippen molar-refractivity contribution in [3.63, 3.8) is 0 Å². The highest BCUT2D eigenvalue weighted by Crippen LogP contribution is 2.39. The Morgan fingerprint density at radius 2 is 2.18 bits per heavy atom. The van der Waals surface area contributed by atoms with Gasteiger partial charge in [0, 0.05) is 30.7 Å². The normalized spacial score (nSPS) is 18.4. The average molecular weight is 412 g/mol. The quantitative estimate of drug-likeness (QED) is 0.684. The van der Waals surface area contributed by atoms with Gasteiger partial charge < -0.3 is 19.4 Å². The molecule has 0 saturated carbocycles. The monoisotopic (exact) mass is 412 g/mol. The summed E-state index contributed by atoms with van der Waals surface area (Å²) in [4.78, 5) is 10.6. The molecule has 0 aliphatic carbocycles. The van der Waals surface area contributed by atoms with E-state index < -0.39 is 6.36 Å². The lowest BCUT2D eigenvalue weighted by Crippen LogP contribution is -2.38. The van der Waals surface area contributed by atoms with Crippen LogP contribution >= 0.6 is 11.3 Å². The molecule has 3 heterocycles. The van der Waals surface area contributed by atoms with Gasteiger partial charge in [0.1, 0.15) is 5.01 Å². The first-order valence-electron chi connectivity index (χ1n) is 8.96. The lowest BCUT2D eigenvalue weighted by molar-refractivity contribution is -0.274. The van der Waals surface area contributed by atoms with E-state index in [0.717, 1.165) is 25.8 Å². The number of halogens is 3. The molecule has 1 saturated heterocycles. The molecule has 0 radical (unpaired) electrons. The summed E-state index contributed by atoms with van der Waals surface area (Å²) in [5.74, 6) is -0.377. The van der Waals surface area contributed by atoms with E-state index in [1.807, 2.05) is 11.9 Å². The molecular formula is C18H19F3N4O2S. The van der Waals surface area contributed by atoms with E-state index in [1.165, 1.54) is 23.5 Å². The Morgan fingerprint density at radius 1 is 1.32 bits per heavy atom. The van der Waals surface area contributed by atoms with E-state index in [-0.39, 0.29) is 22.9 Å². The summed E-state index contributed by atoms with van der Waals surface area (Å²) in [6, 6.07) is 3.35. The van der Waals surface area contributed by atoms with Crippen LogP contribution in [-0.2, 0) is 0 Å². The molecule has 150 valence electrons. The largest absolute Gasteiger partial charge is 0.573 e. The molecule has 0 spiro atoms. The van der Waals surface area contributed by atoms with Gasteiger partial charge in [-0.05, 0) is 32.0 Å². The summed E-state index contributed by atoms with van der Waals surface area (Å²) < 4.78 is 48.7. The zero-order chi connectivity index (χ0) is 19.7. The molecular weight excluding hydrogens is 393 g/mol. The van der Waals surface area contributed by atoms with E-state index in [2.05, 4.69) is 20.0 Å². The zero-order valence-electron chi connectivity index (χ0n) is 15.1. The van der Waals surface area contributed by atoms with Crippen LogP contribution in [0, 0.1) is 0 Å². The van der Waals surface area contributed by atoms with Crippen LogP contribution in [0.4, 0.5) is 19.2 Å². The molecule has 3 aromatic rings. The first kappa shape index (κ1) is 19.0. The third-order valence-corrected chi connectivity index (χ3v) is 5.54. The third kappa shape index (κ3) is 3.93. The van der Waals surface area contributed by atoms with E-state index in [0.29, 0.717) is 23.1 Å². The van der Waals surface area contributed by atoms with E-state index in [1.54, 1.807) is 11.6 Å². The SMILES string of the molecule is CNC1CCCCN(c2nc3c(OC(F)(F)F)ccc(-c4nccs4)c3o2)C1. The fourth-order valence-corrected chi connectivity index (χ4v) is 4.05. The molecule has 1 unspecified atom stereocenters. The molecule has 1 aliphatic rings. The second-order valence-electron chi connectivity index (χ2n) is 6.60. The van der Waals surface area contributed by atoms with Crippen molar-refractivity contribution in [1.82, 2.24) is 15.3 Å². The summed E-state index contributed by atoms with van der Waals surface area (Å²) >= 11 is 1.38. The molecule has 0 bridgehead atoms. The molecule has 28 heavy (non-hydrogen) atoms. The minimum Gasteiger partial charge on any atom is -0.422 e. The van der Waals surface area contributed by atoms with Gasteiger partial charge in [-0.1, -0.05) is 6.42 Å². The van der Waals surface area contributed by atoms with Crippen molar-refractivity contribution in [2.24, 2.45) is 0 Å². The number of rotatable bonds is 4. The van der Waals surface area contributed by atoms with Crippen molar-refractivity contribution in [3.05, 3.63) is 23.7 Å². The van der Waals surface area contributed by atoms with Gasteiger partial charge in [-0.15, -0.1) is 24.5 Å². The summed E-state index contributed by atoms with van der Waals surface area (Å²) in [5.41, 5.74) is 0.889. The molecule has 1 aliphatic heterocycles. The number of fused-ring (bicyclic) bond motifs is 1. The van der Waals surface area contributed by atoms with Crippen molar-refractivity contribution in [2.75, 3.05) is 25.0 Å². The summed E-state index contributed by atoms with van der Waals surface area (Å²) in [5, 5.41) is 5.71. The standard InChI is InChI=1S/C18H19F3N4O2S/c1-22-11-4-2-3-8-25(10-11)17-24-14-13(27-18(19,20)21)6-5-12(15(14)26-17)16-23-7-9-28-16/h5-7,9,11,22H,2-4,8,10H2,1H3. The van der Waals surface area contributed by atoms with Gasteiger partial charge in [0.15, 0.2) is 16.8 Å². The number of oxazole rings is 1. The van der Waals surface area contributed by atoms with Gasteiger partial charge in [-0.3, -0.25) is 0 Å². The maximum Gasteiger partial charge on any atom is 0.573 e. The number of hydrogen-bond donors (Lipinski definition) is 1. The van der Waals surface area contributed by atoms with Gasteiger partial charge in [-0.2, -0.15) is 4.98 Å². The molecule has 4 rings (SSSR count). The van der Waals surface area contributed by atoms with Crippen molar-refractivity contribution < 1.29 is 22.3 Å². The lowest BCUT2D eigenvalue weighted by atomic mass is 10.1. The summed E-state index contributed by atoms with van der Waals surface area (Å²) in [7, 11) is 1.90. The van der Waals surface area contributed by atoms with Gasteiger partial charge in [0.05, 0.1) is 5.56 Å². The van der Waals surface area contributed by atoms with Crippen LogP contribution in [0.1, 0.15) is 19.3 Å². The molecule has 6 nitrogen and oxygen atoms in total. The highest BCUT2D eigenvalue weighted by Gasteiger charge is 2.33. The van der Waals surface area contributed by atoms with Gasteiger partial charge in [0.25, 0.3) is 6.01 Å². The Balaban J connectivity index is 1.80. The summed E-state index contributed by atoms with van der Waals surface area (Å²) in [6.07, 6.45) is -0.124. The van der Waals surface area contributed by atoms with E-state index >= 15 is 0 Å². The minimum atomic E-state index is -4.81. The number of ether oxygens (including phenoxy) is 1. The Labute approximate surface area is 163 Å². The lowest BCUT2D eigenvalue weighted by Gasteiger charge is -2.22. The van der Waals surface area contributed by atoms with Crippen molar-refractivity contribution >= 4 is 28.5 Å². The third-order valence-electron chi connectivity index (χ3n) is 4.73. The van der Waals surface area contributed by atoms with Gasteiger partial charge in [-0.25, -0.2) is 4.98 Å². The number of alkyl halides is 3. The second kappa shape index (κ2) is 7.59. The van der Waals surface area contributed by atoms with Crippen LogP contribution in [0.5, 0.6) is 5.75 Å². The molecule has 1 N–H and O–H groups in total. The van der Waals surface area contributed by atoms with Crippen molar-refractivity contribution in [3.8, 4) is 16.3 Å². The van der Waals surface area contributed by atoms with Crippen molar-refractivity contribution in [1.29, 1.82) is 0 Å². The summed E-state index contributed by atoms with van der Waals surface area (Å²) in [6.45, 7) is 1.40. The van der Waals surface area contributed by atoms with Gasteiger partial charge >= 0.3 is 6.36 Å². The maximum atomic E-state index is 12.8. The van der Waals surface area contributed by atoms with Crippen molar-refractivity contribution in [2.45, 2.75) is 31.7 Å². The number of benzene rings is 1. The Hall–Kier alpha value is -2.33. The number of thiazole rings is 1. The first-order chi connectivity index (χ1) is 13.4. The molecule has 2 aromatic heterocycles. The van der Waals surface area contributed by atoms with Crippen LogP contribution in [0.2, 0.25) is 0 Å². The molecule has 1 aromatic carbocycles. The molecule has 1 atom stereocenters. The fraction of sp³-hybridized carbons (Fsp3) is 0.444. The fourth-order valence-electron chi connectivity index (χ4n) is 3.39. The van der Waals surface area contributed by atoms with Crippen LogP contribution in [0.3, 0.4) is 0 Å². The van der Waals surface area contributed by atoms with Crippen LogP contribution in [0.25, 0.3) is 21.7 Å². The first-order valence-corrected chi connectivity index (χ1v) is 9.84. The number of likely N-dealkylation sites (N-methyl/N-ethyl adjacent to an activating group) is 1. The minimum absolute atomic E-state index is 0.0466. The zero-order valence-corrected chi connectivity index (χ0v) is 15.9. The molecule has 1 fully saturated rings. The number of anilines is 1. The van der Waals surface area contributed by atoms with Crippen LogP contribution < -0.4 is 15.0 Å². The predicted octanol–water partition coefficient (Wildman–Crippen LogP) is 4.43. The number of aromatic nitrogens is 2. The second-order valence-corrected chi connectivity index (χ2v) is 7.49. The smallest absolute Gasteiger partial charge is 0.422 e. The van der Waals surface area contributed by atoms with E-state index in [4.69, 9.17) is 4.42 Å². The topological polar surface area (TPSA) is 63.4 Å². The van der Waals surface area contributed by atoms with Crippen LogP contribution in [-0.4, -0.2) is 42.5 Å². The predicted molar refractivity (Wildman–Crippen MR) is 101 cm³/mol. The number of hydrogen-bond acceptors (Lipinski definition) is 7. The van der Waals surface area contributed by atoms with Crippen LogP contribution in [0.15, 0.2) is 28.1 Å². The number of nitrogens with one attached hydrogen (secondary N) is 1. The maximum absolute atomic E-state index is 12.8. The highest BCUT2D eigenvalue weighted by molar-refractivity contribution is 7.13. The van der Waals surface area contributed by atoms with Gasteiger partial charge in [0.2, 0.25) is 0 Å². The molecule has 10 heteroatoms. The molecule has 0 amide bonds. The Kier molecular flexibility index (Phi) is 5.15. The Bertz CT molecular complexity index is 942. The highest BCUT2D eigenvalue weighted by atomic mass is 32.1. The average Bonchev–Trinajstić information content (AvgIpc) is 3.27. The Morgan fingerprint density at radius 3 is 2.89 bits per heavy atom. The van der Waals surface area contributed by atoms with E-state index in [9.17, 15) is 13.2 Å². The number of nitrogens with zero attached hydrogens (tertiary/aromatic N) is 3.